The number of furan rings is 2. The maximum absolute atomic E-state index is 13.5. The Bertz CT molecular complexity index is 1090. The molecule has 0 saturated heterocycles. The van der Waals surface area contributed by atoms with Crippen molar-refractivity contribution >= 4 is 35.0 Å². The first-order valence-corrected chi connectivity index (χ1v) is 11.6. The van der Waals surface area contributed by atoms with Gasteiger partial charge in [0.05, 0.1) is 19.1 Å². The van der Waals surface area contributed by atoms with Crippen molar-refractivity contribution in [2.45, 2.75) is 44.2 Å². The van der Waals surface area contributed by atoms with Gasteiger partial charge in [0.1, 0.15) is 5.76 Å². The largest absolute Gasteiger partial charge is 0.467 e. The summed E-state index contributed by atoms with van der Waals surface area (Å²) in [5, 5.41) is 6.13. The molecule has 0 spiro atoms. The van der Waals surface area contributed by atoms with Crippen LogP contribution in [0.5, 0.6) is 0 Å². The summed E-state index contributed by atoms with van der Waals surface area (Å²) in [5.41, 5.74) is 0.446. The number of nitrogens with zero attached hydrogens (tertiary/aromatic N) is 1. The highest BCUT2D eigenvalue weighted by atomic mass is 35.5. The summed E-state index contributed by atoms with van der Waals surface area (Å²) in [6.45, 7) is -0.351. The number of nitrogens with one attached hydrogen (secondary N) is 2. The van der Waals surface area contributed by atoms with Crippen molar-refractivity contribution in [1.82, 2.24) is 10.6 Å². The Hall–Kier alpha value is -3.52. The van der Waals surface area contributed by atoms with Crippen LogP contribution in [0.3, 0.4) is 0 Å². The molecule has 0 radical (unpaired) electrons. The quantitative estimate of drug-likeness (QED) is 0.491. The molecule has 0 aliphatic heterocycles. The number of halogens is 1. The zero-order valence-electron chi connectivity index (χ0n) is 18.5. The van der Waals surface area contributed by atoms with Gasteiger partial charge in [0.15, 0.2) is 11.8 Å². The number of benzene rings is 1. The Labute approximate surface area is 202 Å². The monoisotopic (exact) mass is 483 g/mol. The number of rotatable bonds is 8. The molecule has 1 fully saturated rings. The predicted octanol–water partition coefficient (Wildman–Crippen LogP) is 4.48. The fourth-order valence-corrected chi connectivity index (χ4v) is 4.25. The molecular weight excluding hydrogens is 458 g/mol. The van der Waals surface area contributed by atoms with Crippen molar-refractivity contribution in [3.8, 4) is 0 Å². The van der Waals surface area contributed by atoms with Gasteiger partial charge in [0, 0.05) is 16.8 Å². The van der Waals surface area contributed by atoms with E-state index in [-0.39, 0.29) is 24.3 Å². The smallest absolute Gasteiger partial charge is 0.287 e. The standard InChI is InChI=1S/C25H26ClN3O5/c26-17-10-12-19(13-11-17)29(22(30)16-27-24(31)21-9-5-15-34-21)23(20-8-4-14-33-20)25(32)28-18-6-2-1-3-7-18/h4-5,8-15,18,23H,1-3,6-7,16H2,(H,27,31)(H,28,32). The Kier molecular flexibility index (Phi) is 7.69. The average molecular weight is 484 g/mol. The van der Waals surface area contributed by atoms with Crippen LogP contribution in [0.4, 0.5) is 5.69 Å². The van der Waals surface area contributed by atoms with Crippen LogP contribution in [0.1, 0.15) is 54.5 Å². The molecule has 3 amide bonds. The summed E-state index contributed by atoms with van der Waals surface area (Å²) in [6, 6.07) is 12.0. The van der Waals surface area contributed by atoms with E-state index >= 15 is 0 Å². The summed E-state index contributed by atoms with van der Waals surface area (Å²) < 4.78 is 10.7. The normalized spacial score (nSPS) is 14.9. The summed E-state index contributed by atoms with van der Waals surface area (Å²) >= 11 is 6.06. The number of carbonyl (C=O) groups excluding carboxylic acids is 3. The van der Waals surface area contributed by atoms with E-state index in [2.05, 4.69) is 10.6 Å². The van der Waals surface area contributed by atoms with Crippen molar-refractivity contribution < 1.29 is 23.2 Å². The van der Waals surface area contributed by atoms with E-state index in [1.807, 2.05) is 0 Å². The molecule has 3 aromatic rings. The minimum absolute atomic E-state index is 0.0412. The van der Waals surface area contributed by atoms with Crippen LogP contribution in [-0.2, 0) is 9.59 Å². The average Bonchev–Trinajstić information content (AvgIpc) is 3.57. The lowest BCUT2D eigenvalue weighted by molar-refractivity contribution is -0.127. The minimum Gasteiger partial charge on any atom is -0.467 e. The van der Waals surface area contributed by atoms with Crippen molar-refractivity contribution in [3.05, 3.63) is 77.6 Å². The van der Waals surface area contributed by atoms with Gasteiger partial charge in [-0.05, 0) is 61.4 Å². The molecule has 1 atom stereocenters. The van der Waals surface area contributed by atoms with E-state index < -0.39 is 17.9 Å². The number of hydrogen-bond donors (Lipinski definition) is 2. The van der Waals surface area contributed by atoms with Crippen LogP contribution in [0, 0.1) is 0 Å². The second-order valence-electron chi connectivity index (χ2n) is 8.16. The second-order valence-corrected chi connectivity index (χ2v) is 8.60. The van der Waals surface area contributed by atoms with E-state index in [0.29, 0.717) is 16.5 Å². The lowest BCUT2D eigenvalue weighted by Gasteiger charge is -2.32. The maximum atomic E-state index is 13.5. The third kappa shape index (κ3) is 5.69. The van der Waals surface area contributed by atoms with Gasteiger partial charge in [0.25, 0.3) is 11.8 Å². The molecule has 34 heavy (non-hydrogen) atoms. The van der Waals surface area contributed by atoms with Gasteiger partial charge < -0.3 is 19.5 Å². The van der Waals surface area contributed by atoms with Crippen molar-refractivity contribution in [2.75, 3.05) is 11.4 Å². The highest BCUT2D eigenvalue weighted by molar-refractivity contribution is 6.30. The van der Waals surface area contributed by atoms with Crippen LogP contribution in [0.2, 0.25) is 5.02 Å². The molecule has 1 unspecified atom stereocenters. The van der Waals surface area contributed by atoms with E-state index in [1.54, 1.807) is 42.5 Å². The molecule has 4 rings (SSSR count). The van der Waals surface area contributed by atoms with E-state index in [1.165, 1.54) is 23.5 Å². The number of carbonyl (C=O) groups is 3. The van der Waals surface area contributed by atoms with Crippen LogP contribution < -0.4 is 15.5 Å². The van der Waals surface area contributed by atoms with Crippen molar-refractivity contribution in [2.24, 2.45) is 0 Å². The van der Waals surface area contributed by atoms with E-state index in [9.17, 15) is 14.4 Å². The Balaban J connectivity index is 1.62. The first-order chi connectivity index (χ1) is 16.5. The summed E-state index contributed by atoms with van der Waals surface area (Å²) in [5.74, 6) is -0.974. The van der Waals surface area contributed by atoms with Gasteiger partial charge in [-0.1, -0.05) is 30.9 Å². The molecule has 2 aromatic heterocycles. The van der Waals surface area contributed by atoms with Gasteiger partial charge in [-0.15, -0.1) is 0 Å². The van der Waals surface area contributed by atoms with E-state index in [4.69, 9.17) is 20.4 Å². The van der Waals surface area contributed by atoms with Crippen molar-refractivity contribution in [1.29, 1.82) is 0 Å². The van der Waals surface area contributed by atoms with Crippen LogP contribution in [0.15, 0.2) is 69.9 Å². The highest BCUT2D eigenvalue weighted by Gasteiger charge is 2.36. The minimum atomic E-state index is -1.06. The van der Waals surface area contributed by atoms with Gasteiger partial charge >= 0.3 is 0 Å². The lowest BCUT2D eigenvalue weighted by Crippen LogP contribution is -2.49. The fraction of sp³-hybridized carbons (Fsp3) is 0.320. The molecule has 1 aliphatic rings. The van der Waals surface area contributed by atoms with Gasteiger partial charge in [-0.25, -0.2) is 0 Å². The molecule has 178 valence electrons. The molecule has 0 bridgehead atoms. The molecule has 2 N–H and O–H groups in total. The zero-order chi connectivity index (χ0) is 23.9. The van der Waals surface area contributed by atoms with E-state index in [0.717, 1.165) is 32.1 Å². The lowest BCUT2D eigenvalue weighted by atomic mass is 9.95. The molecular formula is C25H26ClN3O5. The maximum Gasteiger partial charge on any atom is 0.287 e. The topological polar surface area (TPSA) is 105 Å². The second kappa shape index (κ2) is 11.1. The first-order valence-electron chi connectivity index (χ1n) is 11.3. The number of anilines is 1. The molecule has 1 aromatic carbocycles. The van der Waals surface area contributed by atoms with Gasteiger partial charge in [0.2, 0.25) is 5.91 Å². The third-order valence-electron chi connectivity index (χ3n) is 5.79. The van der Waals surface area contributed by atoms with Crippen LogP contribution in [0.25, 0.3) is 0 Å². The summed E-state index contributed by atoms with van der Waals surface area (Å²) in [7, 11) is 0. The number of hydrogen-bond acceptors (Lipinski definition) is 5. The zero-order valence-corrected chi connectivity index (χ0v) is 19.3. The SMILES string of the molecule is O=C(NCC(=O)N(c1ccc(Cl)cc1)C(C(=O)NC1CCCCC1)c1ccco1)c1ccco1. The highest BCUT2D eigenvalue weighted by Crippen LogP contribution is 2.30. The Morgan fingerprint density at radius 1 is 0.971 bits per heavy atom. The molecule has 1 aliphatic carbocycles. The van der Waals surface area contributed by atoms with Gasteiger partial charge in [-0.3, -0.25) is 19.3 Å². The molecule has 2 heterocycles. The third-order valence-corrected chi connectivity index (χ3v) is 6.04. The van der Waals surface area contributed by atoms with Crippen molar-refractivity contribution in [3.63, 3.8) is 0 Å². The molecule has 9 heteroatoms. The first kappa shape index (κ1) is 23.6. The molecule has 8 nitrogen and oxygen atoms in total. The number of amides is 3. The fourth-order valence-electron chi connectivity index (χ4n) is 4.12. The molecule has 1 saturated carbocycles. The Morgan fingerprint density at radius 2 is 1.68 bits per heavy atom. The van der Waals surface area contributed by atoms with Gasteiger partial charge in [-0.2, -0.15) is 0 Å². The summed E-state index contributed by atoms with van der Waals surface area (Å²) in [4.78, 5) is 40.6. The predicted molar refractivity (Wildman–Crippen MR) is 126 cm³/mol. The summed E-state index contributed by atoms with van der Waals surface area (Å²) in [6.07, 6.45) is 7.87. The Morgan fingerprint density at radius 3 is 2.32 bits per heavy atom. The van der Waals surface area contributed by atoms with Crippen LogP contribution >= 0.6 is 11.6 Å². The van der Waals surface area contributed by atoms with Crippen LogP contribution in [-0.4, -0.2) is 30.3 Å².